The van der Waals surface area contributed by atoms with E-state index in [4.69, 9.17) is 4.74 Å². The fourth-order valence-corrected chi connectivity index (χ4v) is 2.26. The maximum absolute atomic E-state index is 5.81. The molecule has 1 rings (SSSR count). The topological polar surface area (TPSA) is 21.3 Å². The third-order valence-corrected chi connectivity index (χ3v) is 3.28. The van der Waals surface area contributed by atoms with Crippen LogP contribution >= 0.6 is 0 Å². The van der Waals surface area contributed by atoms with Gasteiger partial charge in [-0.1, -0.05) is 27.7 Å². The van der Waals surface area contributed by atoms with E-state index >= 15 is 0 Å². The van der Waals surface area contributed by atoms with Gasteiger partial charge in [0.2, 0.25) is 0 Å². The second-order valence-corrected chi connectivity index (χ2v) is 6.21. The van der Waals surface area contributed by atoms with Gasteiger partial charge in [-0.3, -0.25) is 0 Å². The molecule has 0 aromatic carbocycles. The van der Waals surface area contributed by atoms with Crippen LogP contribution in [0.15, 0.2) is 0 Å². The summed E-state index contributed by atoms with van der Waals surface area (Å²) in [6.45, 7) is 11.3. The Bertz CT molecular complexity index is 180. The average Bonchev–Trinajstić information content (AvgIpc) is 2.69. The Morgan fingerprint density at radius 2 is 2.12 bits per heavy atom. The van der Waals surface area contributed by atoms with E-state index in [1.165, 1.54) is 32.1 Å². The Morgan fingerprint density at radius 1 is 1.38 bits per heavy atom. The van der Waals surface area contributed by atoms with E-state index in [0.29, 0.717) is 17.6 Å². The van der Waals surface area contributed by atoms with E-state index in [9.17, 15) is 0 Å². The fourth-order valence-electron chi connectivity index (χ4n) is 2.26. The number of ether oxygens (including phenoxy) is 1. The molecule has 96 valence electrons. The van der Waals surface area contributed by atoms with Crippen LogP contribution in [0.4, 0.5) is 0 Å². The number of hydrogen-bond donors (Lipinski definition) is 1. The average molecular weight is 227 g/mol. The van der Waals surface area contributed by atoms with Gasteiger partial charge < -0.3 is 10.1 Å². The summed E-state index contributed by atoms with van der Waals surface area (Å²) in [6.07, 6.45) is 6.67. The lowest BCUT2D eigenvalue weighted by Crippen LogP contribution is -2.40. The quantitative estimate of drug-likeness (QED) is 0.751. The summed E-state index contributed by atoms with van der Waals surface area (Å²) in [5, 5.41) is 3.66. The molecule has 2 heteroatoms. The van der Waals surface area contributed by atoms with Crippen LogP contribution < -0.4 is 5.32 Å². The Labute approximate surface area is 101 Å². The van der Waals surface area contributed by atoms with E-state index in [2.05, 4.69) is 33.0 Å². The van der Waals surface area contributed by atoms with Crippen molar-refractivity contribution in [2.45, 2.75) is 71.9 Å². The van der Waals surface area contributed by atoms with E-state index in [0.717, 1.165) is 13.2 Å². The zero-order valence-electron chi connectivity index (χ0n) is 11.5. The second-order valence-electron chi connectivity index (χ2n) is 6.21. The molecule has 0 amide bonds. The Balaban J connectivity index is 2.36. The standard InChI is InChI=1S/C14H29NO/c1-5-10-15-12(8-9-14(2,3)4)13-7-6-11-16-13/h12-13,15H,5-11H2,1-4H3. The molecule has 2 atom stereocenters. The lowest BCUT2D eigenvalue weighted by Gasteiger charge is -2.27. The molecule has 1 aliphatic rings. The summed E-state index contributed by atoms with van der Waals surface area (Å²) < 4.78 is 5.81. The molecule has 1 aliphatic heterocycles. The third-order valence-electron chi connectivity index (χ3n) is 3.28. The van der Waals surface area contributed by atoms with Crippen molar-refractivity contribution < 1.29 is 4.74 Å². The van der Waals surface area contributed by atoms with Crippen LogP contribution in [0.2, 0.25) is 0 Å². The van der Waals surface area contributed by atoms with Crippen molar-refractivity contribution in [2.75, 3.05) is 13.2 Å². The minimum Gasteiger partial charge on any atom is -0.377 e. The lowest BCUT2D eigenvalue weighted by atomic mass is 9.87. The first-order valence-corrected chi connectivity index (χ1v) is 6.88. The van der Waals surface area contributed by atoms with Crippen LogP contribution in [-0.2, 0) is 4.74 Å². The molecule has 1 saturated heterocycles. The summed E-state index contributed by atoms with van der Waals surface area (Å²) in [5.41, 5.74) is 0.435. The number of hydrogen-bond acceptors (Lipinski definition) is 2. The minimum absolute atomic E-state index is 0.435. The van der Waals surface area contributed by atoms with Gasteiger partial charge in [-0.05, 0) is 44.1 Å². The van der Waals surface area contributed by atoms with Crippen LogP contribution in [0.3, 0.4) is 0 Å². The molecule has 0 aromatic rings. The predicted molar refractivity (Wildman–Crippen MR) is 69.7 cm³/mol. The molecule has 2 unspecified atom stereocenters. The van der Waals surface area contributed by atoms with Crippen molar-refractivity contribution in [3.8, 4) is 0 Å². The highest BCUT2D eigenvalue weighted by molar-refractivity contribution is 4.82. The van der Waals surface area contributed by atoms with Crippen LogP contribution in [0.1, 0.15) is 59.8 Å². The van der Waals surface area contributed by atoms with Gasteiger partial charge in [0.15, 0.2) is 0 Å². The van der Waals surface area contributed by atoms with Gasteiger partial charge in [0, 0.05) is 12.6 Å². The molecule has 1 fully saturated rings. The van der Waals surface area contributed by atoms with Gasteiger partial charge in [-0.2, -0.15) is 0 Å². The molecule has 1 N–H and O–H groups in total. The Kier molecular flexibility index (Phi) is 5.77. The predicted octanol–water partition coefficient (Wildman–Crippen LogP) is 3.36. The van der Waals surface area contributed by atoms with Crippen molar-refractivity contribution in [3.63, 3.8) is 0 Å². The van der Waals surface area contributed by atoms with Gasteiger partial charge >= 0.3 is 0 Å². The summed E-state index contributed by atoms with van der Waals surface area (Å²) in [4.78, 5) is 0. The normalized spacial score (nSPS) is 23.6. The molecular formula is C14H29NO. The Morgan fingerprint density at radius 3 is 2.62 bits per heavy atom. The zero-order valence-corrected chi connectivity index (χ0v) is 11.5. The minimum atomic E-state index is 0.435. The highest BCUT2D eigenvalue weighted by Gasteiger charge is 2.26. The zero-order chi connectivity index (χ0) is 12.0. The van der Waals surface area contributed by atoms with Gasteiger partial charge in [0.05, 0.1) is 6.10 Å². The van der Waals surface area contributed by atoms with Crippen molar-refractivity contribution in [1.82, 2.24) is 5.32 Å². The molecule has 0 spiro atoms. The second kappa shape index (κ2) is 6.61. The molecular weight excluding hydrogens is 198 g/mol. The first-order valence-electron chi connectivity index (χ1n) is 6.88. The summed E-state index contributed by atoms with van der Waals surface area (Å²) in [7, 11) is 0. The number of nitrogens with one attached hydrogen (secondary N) is 1. The van der Waals surface area contributed by atoms with E-state index in [1.807, 2.05) is 0 Å². The monoisotopic (exact) mass is 227 g/mol. The smallest absolute Gasteiger partial charge is 0.0728 e. The van der Waals surface area contributed by atoms with Gasteiger partial charge in [-0.25, -0.2) is 0 Å². The van der Waals surface area contributed by atoms with Gasteiger partial charge in [0.1, 0.15) is 0 Å². The summed E-state index contributed by atoms with van der Waals surface area (Å²) in [6, 6.07) is 0.571. The Hall–Kier alpha value is -0.0800. The first-order chi connectivity index (χ1) is 7.53. The lowest BCUT2D eigenvalue weighted by molar-refractivity contribution is 0.0716. The SMILES string of the molecule is CCCNC(CCC(C)(C)C)C1CCCO1. The van der Waals surface area contributed by atoms with E-state index < -0.39 is 0 Å². The molecule has 2 nitrogen and oxygen atoms in total. The highest BCUT2D eigenvalue weighted by atomic mass is 16.5. The molecule has 0 radical (unpaired) electrons. The van der Waals surface area contributed by atoms with Crippen molar-refractivity contribution >= 4 is 0 Å². The molecule has 0 aliphatic carbocycles. The summed E-state index contributed by atoms with van der Waals surface area (Å²) >= 11 is 0. The van der Waals surface area contributed by atoms with Crippen LogP contribution in [0.5, 0.6) is 0 Å². The highest BCUT2D eigenvalue weighted by Crippen LogP contribution is 2.25. The summed E-state index contributed by atoms with van der Waals surface area (Å²) in [5.74, 6) is 0. The molecule has 0 aromatic heterocycles. The maximum Gasteiger partial charge on any atom is 0.0728 e. The van der Waals surface area contributed by atoms with E-state index in [1.54, 1.807) is 0 Å². The number of rotatable bonds is 6. The molecule has 0 saturated carbocycles. The molecule has 0 bridgehead atoms. The van der Waals surface area contributed by atoms with Gasteiger partial charge in [-0.15, -0.1) is 0 Å². The van der Waals surface area contributed by atoms with Gasteiger partial charge in [0.25, 0.3) is 0 Å². The van der Waals surface area contributed by atoms with Crippen molar-refractivity contribution in [1.29, 1.82) is 0 Å². The first kappa shape index (κ1) is 14.0. The fraction of sp³-hybridized carbons (Fsp3) is 1.00. The van der Waals surface area contributed by atoms with Crippen LogP contribution in [0, 0.1) is 5.41 Å². The molecule has 16 heavy (non-hydrogen) atoms. The third kappa shape index (κ3) is 5.31. The van der Waals surface area contributed by atoms with Crippen LogP contribution in [0.25, 0.3) is 0 Å². The van der Waals surface area contributed by atoms with Crippen molar-refractivity contribution in [3.05, 3.63) is 0 Å². The van der Waals surface area contributed by atoms with Crippen LogP contribution in [-0.4, -0.2) is 25.3 Å². The largest absolute Gasteiger partial charge is 0.377 e. The molecule has 1 heterocycles. The van der Waals surface area contributed by atoms with Crippen molar-refractivity contribution in [2.24, 2.45) is 5.41 Å². The maximum atomic E-state index is 5.81. The van der Waals surface area contributed by atoms with E-state index in [-0.39, 0.29) is 0 Å².